The zero-order valence-electron chi connectivity index (χ0n) is 81.1. The van der Waals surface area contributed by atoms with Gasteiger partial charge in [-0.15, -0.1) is 0 Å². The van der Waals surface area contributed by atoms with E-state index in [0.717, 1.165) is 42.9 Å². The number of H-pyrrole nitrogens is 1. The molecule has 9 amide bonds. The van der Waals surface area contributed by atoms with Gasteiger partial charge in [-0.25, -0.2) is 49.1 Å². The maximum Gasteiger partial charge on any atom is 0.413 e. The highest BCUT2D eigenvalue weighted by molar-refractivity contribution is 9.10. The number of aryl methyl sites for hydroxylation is 5. The van der Waals surface area contributed by atoms with Crippen LogP contribution < -0.4 is 98.2 Å². The monoisotopic (exact) mass is 2080 g/mol. The standard InChI is InChI=1S/C26H35N7O6.C17H22BrN3O4.2C16H19N7O2.C10H17NO3.C7H7BrN2O2.CH4/c1-15-12-16(29-17-13-18(28-14-27-17)30-22(36)38-24(2,3)4)21(35)33-19(15)20(34)31-26(33)8-10-32(11-9-26)23(37)39-25(5,6)7;1-10-9-11(18)14(23)21-12(10)13(22)19-17(21)5-7-20(8-6-17)15(24)25-16(2,3)4;2*1-9-6-10(21-12-7-11(17)19-8-20-12)15(25)23-13(9)14(24)22-16(23)2-4-18-5-3-16;1-10(2,3)14-9(13)11-6-4-8(12)5-7-11;1-3-2-4(8)7(12)10-5(3)6(9)11;/h12-14H,8-11H2,1-7H3,(H,31,34)(H2,27,28,29,30,36);9H,5-8H2,1-4H3,(H,19,22);2*6-8,18H,2-5H2,1H3,(H,22,24)(H3,17,19,20,21);4-7H2,1-3H3;2H,1H3,(H2,9,11)(H,10,12);1H4. The lowest BCUT2D eigenvalue weighted by Gasteiger charge is -2.40. The van der Waals surface area contributed by atoms with Gasteiger partial charge >= 0.3 is 24.4 Å². The Kier molecular flexibility index (Phi) is 32.4. The number of nitrogens with two attached hydrogens (primary N) is 3. The zero-order chi connectivity index (χ0) is 103. The molecule has 9 aliphatic heterocycles. The van der Waals surface area contributed by atoms with Gasteiger partial charge in [0, 0.05) is 122 Å². The van der Waals surface area contributed by atoms with Crippen LogP contribution >= 0.6 is 31.9 Å². The Balaban J connectivity index is 0.000000167. The Morgan fingerprint density at radius 1 is 0.383 bits per heavy atom. The number of fused-ring (bicyclic) bond motifs is 8. The molecule has 141 heavy (non-hydrogen) atoms. The molecule has 0 aromatic carbocycles. The van der Waals surface area contributed by atoms with Gasteiger partial charge in [-0.2, -0.15) is 0 Å². The number of ether oxygens (including phenoxy) is 4. The molecular formula is C93H123Br2N27O19. The fraction of sp³-hybridized carbons (Fsp3) is 0.495. The maximum atomic E-state index is 13.7. The fourth-order valence-electron chi connectivity index (χ4n) is 17.4. The highest BCUT2D eigenvalue weighted by Gasteiger charge is 2.52. The van der Waals surface area contributed by atoms with Crippen LogP contribution in [-0.2, 0) is 46.4 Å². The molecule has 9 aliphatic rings. The lowest BCUT2D eigenvalue weighted by atomic mass is 9.97. The summed E-state index contributed by atoms with van der Waals surface area (Å²) in [6.07, 6.45) is 7.26. The number of ketones is 1. The smallest absolute Gasteiger partial charge is 0.413 e. The van der Waals surface area contributed by atoms with Crippen LogP contribution in [0, 0.1) is 34.6 Å². The second kappa shape index (κ2) is 42.6. The van der Waals surface area contributed by atoms with E-state index in [1.54, 1.807) is 126 Å². The van der Waals surface area contributed by atoms with E-state index in [0.29, 0.717) is 175 Å². The van der Waals surface area contributed by atoms with Crippen molar-refractivity contribution >= 4 is 144 Å². The van der Waals surface area contributed by atoms with Crippen LogP contribution in [0.1, 0.15) is 235 Å². The zero-order valence-corrected chi connectivity index (χ0v) is 84.2. The van der Waals surface area contributed by atoms with Crippen LogP contribution in [0.4, 0.5) is 71.1 Å². The minimum absolute atomic E-state index is 0. The SMILES string of the molecule is C.CC(C)(C)OC(=O)N1CCC(=O)CC1.Cc1cc(Br)c(=O)[nH]c1C(N)=O.Cc1cc(Br)c(=O)n2c1C(=O)NC21CCN(C(=O)OC(C)(C)C)CC1.Cc1cc(Nc2cc(N)ncn2)c(=O)n2c1C(=O)NC21CCNCC1.Cc1cc(Nc2cc(N)ncn2)c(=O)n2c1C(=O)NC21CCNCC1.Cc1cc(Nc2cc(NC(=O)OC(C)(C)C)ncn2)c(=O)n2c1C(=O)NC21CCN(C(=O)OC(C)(C)C)CC1. The van der Waals surface area contributed by atoms with Crippen molar-refractivity contribution in [3.8, 4) is 0 Å². The second-order valence-corrected chi connectivity index (χ2v) is 40.8. The van der Waals surface area contributed by atoms with E-state index in [4.69, 9.17) is 36.1 Å². The minimum atomic E-state index is -0.973. The number of nitrogens with one attached hydrogen (secondary N) is 11. The molecule has 8 aromatic rings. The van der Waals surface area contributed by atoms with Crippen LogP contribution in [0.2, 0.25) is 0 Å². The topological polar surface area (TPSA) is 614 Å². The summed E-state index contributed by atoms with van der Waals surface area (Å²) in [4.78, 5) is 215. The van der Waals surface area contributed by atoms with Gasteiger partial charge in [0.2, 0.25) is 0 Å². The van der Waals surface area contributed by atoms with Crippen molar-refractivity contribution in [2.75, 3.05) is 98.2 Å². The number of hydrogen-bond donors (Lipinski definition) is 14. The van der Waals surface area contributed by atoms with Crippen molar-refractivity contribution < 1.29 is 66.9 Å². The molecule has 0 bridgehead atoms. The van der Waals surface area contributed by atoms with E-state index < -0.39 is 68.7 Å². The largest absolute Gasteiger partial charge is 0.444 e. The lowest BCUT2D eigenvalue weighted by molar-refractivity contribution is -0.121. The Morgan fingerprint density at radius 2 is 0.681 bits per heavy atom. The number of pyridine rings is 5. The normalized spacial score (nSPS) is 16.9. The van der Waals surface area contributed by atoms with Crippen LogP contribution in [0.5, 0.6) is 0 Å². The average Bonchev–Trinajstić information content (AvgIpc) is 1.59. The van der Waals surface area contributed by atoms with Crippen LogP contribution in [0.25, 0.3) is 0 Å². The molecule has 0 unspecified atom stereocenters. The first kappa shape index (κ1) is 107. The van der Waals surface area contributed by atoms with Crippen molar-refractivity contribution in [2.45, 2.75) is 234 Å². The molecule has 0 saturated carbocycles. The molecule has 4 spiro atoms. The molecule has 0 aliphatic carbocycles. The highest BCUT2D eigenvalue weighted by Crippen LogP contribution is 2.40. The summed E-state index contributed by atoms with van der Waals surface area (Å²) in [7, 11) is 0. The first-order valence-electron chi connectivity index (χ1n) is 45.4. The molecule has 48 heteroatoms. The summed E-state index contributed by atoms with van der Waals surface area (Å²) >= 11 is 6.31. The van der Waals surface area contributed by atoms with Gasteiger partial charge < -0.3 is 104 Å². The van der Waals surface area contributed by atoms with E-state index >= 15 is 0 Å². The van der Waals surface area contributed by atoms with Crippen LogP contribution in [0.15, 0.2) is 100 Å². The van der Waals surface area contributed by atoms with E-state index in [1.807, 2.05) is 62.3 Å². The van der Waals surface area contributed by atoms with E-state index in [9.17, 15) is 71.9 Å². The predicted molar refractivity (Wildman–Crippen MR) is 531 cm³/mol. The number of aromatic nitrogens is 11. The third-order valence-electron chi connectivity index (χ3n) is 23.7. The number of hydrogen-bond acceptors (Lipinski definition) is 32. The van der Waals surface area contributed by atoms with E-state index in [2.05, 4.69) is 120 Å². The van der Waals surface area contributed by atoms with Crippen molar-refractivity contribution in [3.63, 3.8) is 0 Å². The number of carbonyl (C=O) groups is 10. The van der Waals surface area contributed by atoms with Crippen molar-refractivity contribution in [1.82, 2.24) is 99.8 Å². The second-order valence-electron chi connectivity index (χ2n) is 39.1. The van der Waals surface area contributed by atoms with Crippen LogP contribution in [0.3, 0.4) is 0 Å². The van der Waals surface area contributed by atoms with Gasteiger partial charge in [-0.1, -0.05) is 7.43 Å². The van der Waals surface area contributed by atoms with Gasteiger partial charge in [0.25, 0.3) is 57.3 Å². The molecule has 46 nitrogen and oxygen atoms in total. The third kappa shape index (κ3) is 25.1. The Morgan fingerprint density at radius 3 is 1.01 bits per heavy atom. The summed E-state index contributed by atoms with van der Waals surface area (Å²) in [5.74, 6) is 0.541. The van der Waals surface area contributed by atoms with Crippen molar-refractivity contribution in [2.24, 2.45) is 5.73 Å². The molecule has 0 atom stereocenters. The molecule has 17 heterocycles. The minimum Gasteiger partial charge on any atom is -0.444 e. The van der Waals surface area contributed by atoms with Crippen molar-refractivity contribution in [1.29, 1.82) is 0 Å². The van der Waals surface area contributed by atoms with Gasteiger partial charge in [0.05, 0.1) is 8.95 Å². The number of nitrogen functional groups attached to an aromatic ring is 2. The average molecular weight is 2080 g/mol. The number of primary amides is 1. The number of rotatable bonds is 8. The number of nitrogens with zero attached hydrogens (tertiary/aromatic N) is 13. The molecule has 17 rings (SSSR count). The van der Waals surface area contributed by atoms with Crippen molar-refractivity contribution in [3.05, 3.63) is 185 Å². The van der Waals surface area contributed by atoms with Gasteiger partial charge in [-0.05, 0) is 234 Å². The third-order valence-corrected chi connectivity index (χ3v) is 24.9. The Bertz CT molecular complexity index is 6370. The summed E-state index contributed by atoms with van der Waals surface area (Å²) in [5, 5.41) is 30.1. The molecule has 5 fully saturated rings. The highest BCUT2D eigenvalue weighted by atomic mass is 79.9. The van der Waals surface area contributed by atoms with Gasteiger partial charge in [0.15, 0.2) is 0 Å². The molecule has 758 valence electrons. The van der Waals surface area contributed by atoms with E-state index in [1.165, 1.54) is 29.6 Å². The van der Waals surface area contributed by atoms with Gasteiger partial charge in [0.1, 0.15) is 150 Å². The molecular weight excluding hydrogens is 1960 g/mol. The summed E-state index contributed by atoms with van der Waals surface area (Å²) in [6.45, 7) is 35.9. The number of likely N-dealkylation sites (tertiary alicyclic amines) is 3. The molecule has 8 aromatic heterocycles. The number of Topliss-reactive ketones (excluding diaryl/α,β-unsaturated/α-hetero) is 1. The number of anilines is 9. The number of carbonyl (C=O) groups excluding carboxylic acids is 10. The Labute approximate surface area is 828 Å². The van der Waals surface area contributed by atoms with E-state index in [-0.39, 0.29) is 100.0 Å². The summed E-state index contributed by atoms with van der Waals surface area (Å²) in [6, 6.07) is 12.7. The first-order chi connectivity index (χ1) is 65.5. The molecule has 0 radical (unpaired) electrons. The number of piperidine rings is 5. The summed E-state index contributed by atoms with van der Waals surface area (Å²) < 4.78 is 28.4. The number of amides is 9. The number of aromatic amines is 1. The summed E-state index contributed by atoms with van der Waals surface area (Å²) in [5.41, 5.74) is 15.5. The number of halogens is 2. The lowest BCUT2D eigenvalue weighted by Crippen LogP contribution is -2.56. The molecule has 5 saturated heterocycles. The maximum absolute atomic E-state index is 13.7. The fourth-order valence-corrected chi connectivity index (χ4v) is 18.4. The Hall–Kier alpha value is -14.0. The predicted octanol–water partition coefficient (Wildman–Crippen LogP) is 8.68. The first-order valence-corrected chi connectivity index (χ1v) is 47.0. The molecule has 17 N–H and O–H groups in total. The quantitative estimate of drug-likeness (QED) is 0.0632. The van der Waals surface area contributed by atoms with Crippen LogP contribution in [-0.4, -0.2) is 215 Å². The van der Waals surface area contributed by atoms with Gasteiger partial charge in [-0.3, -0.25) is 76.3 Å².